The summed E-state index contributed by atoms with van der Waals surface area (Å²) in [4.78, 5) is 4.00. The van der Waals surface area contributed by atoms with Crippen molar-refractivity contribution < 1.29 is 9.13 Å². The fourth-order valence-electron chi connectivity index (χ4n) is 2.28. The van der Waals surface area contributed by atoms with Crippen LogP contribution in [-0.2, 0) is 6.42 Å². The second-order valence-corrected chi connectivity index (χ2v) is 5.09. The lowest BCUT2D eigenvalue weighted by Gasteiger charge is -2.19. The van der Waals surface area contributed by atoms with Gasteiger partial charge in [0.05, 0.1) is 12.1 Å². The van der Waals surface area contributed by atoms with Crippen LogP contribution in [0.25, 0.3) is 0 Å². The van der Waals surface area contributed by atoms with Crippen molar-refractivity contribution in [1.29, 1.82) is 0 Å². The molecular weight excluding hydrogens is 291 g/mol. The molecule has 3 nitrogen and oxygen atoms in total. The number of hydrogen-bond acceptors (Lipinski definition) is 3. The average molecular weight is 309 g/mol. The zero-order valence-electron chi connectivity index (χ0n) is 12.1. The lowest BCUT2D eigenvalue weighted by atomic mass is 9.99. The van der Waals surface area contributed by atoms with Gasteiger partial charge in [-0.1, -0.05) is 24.6 Å². The summed E-state index contributed by atoms with van der Waals surface area (Å²) < 4.78 is 18.7. The van der Waals surface area contributed by atoms with Crippen LogP contribution in [0.4, 0.5) is 4.39 Å². The van der Waals surface area contributed by atoms with Gasteiger partial charge in [-0.25, -0.2) is 4.39 Å². The molecule has 112 valence electrons. The molecule has 1 heterocycles. The van der Waals surface area contributed by atoms with Crippen LogP contribution in [0.3, 0.4) is 0 Å². The molecule has 0 saturated heterocycles. The van der Waals surface area contributed by atoms with E-state index in [-0.39, 0.29) is 17.6 Å². The standard InChI is InChI=1S/C16H18ClFN2O/c1-3-20-15(12-6-7-19-10-13(12)17)9-11-4-5-16(21-2)14(18)8-11/h4-8,10,15,20H,3,9H2,1-2H3. The van der Waals surface area contributed by atoms with Gasteiger partial charge in [0.2, 0.25) is 0 Å². The van der Waals surface area contributed by atoms with Crippen LogP contribution in [0.2, 0.25) is 5.02 Å². The van der Waals surface area contributed by atoms with E-state index in [1.54, 1.807) is 18.5 Å². The quantitative estimate of drug-likeness (QED) is 0.882. The zero-order valence-corrected chi connectivity index (χ0v) is 12.8. The van der Waals surface area contributed by atoms with Gasteiger partial charge in [0, 0.05) is 18.4 Å². The topological polar surface area (TPSA) is 34.1 Å². The number of methoxy groups -OCH3 is 1. The van der Waals surface area contributed by atoms with Crippen LogP contribution in [0.1, 0.15) is 24.1 Å². The van der Waals surface area contributed by atoms with E-state index in [0.717, 1.165) is 17.7 Å². The molecule has 0 amide bonds. The van der Waals surface area contributed by atoms with Crippen LogP contribution in [0.15, 0.2) is 36.7 Å². The van der Waals surface area contributed by atoms with Gasteiger partial charge in [-0.3, -0.25) is 4.98 Å². The molecule has 1 unspecified atom stereocenters. The Kier molecular flexibility index (Phi) is 5.53. The molecule has 0 bridgehead atoms. The smallest absolute Gasteiger partial charge is 0.165 e. The minimum absolute atomic E-state index is 0.0123. The number of ether oxygens (including phenoxy) is 1. The van der Waals surface area contributed by atoms with Crippen molar-refractivity contribution in [1.82, 2.24) is 10.3 Å². The molecule has 1 aromatic heterocycles. The largest absolute Gasteiger partial charge is 0.494 e. The van der Waals surface area contributed by atoms with E-state index >= 15 is 0 Å². The third-order valence-electron chi connectivity index (χ3n) is 3.29. The summed E-state index contributed by atoms with van der Waals surface area (Å²) in [5.41, 5.74) is 1.84. The van der Waals surface area contributed by atoms with Gasteiger partial charge in [0.1, 0.15) is 0 Å². The SMILES string of the molecule is CCNC(Cc1ccc(OC)c(F)c1)c1ccncc1Cl. The molecule has 0 aliphatic heterocycles. The Bertz CT molecular complexity index is 607. The Labute approximate surface area is 129 Å². The normalized spacial score (nSPS) is 12.2. The Morgan fingerprint density at radius 1 is 1.38 bits per heavy atom. The number of nitrogens with one attached hydrogen (secondary N) is 1. The third-order valence-corrected chi connectivity index (χ3v) is 3.60. The number of nitrogens with zero attached hydrogens (tertiary/aromatic N) is 1. The number of pyridine rings is 1. The van der Waals surface area contributed by atoms with Crippen molar-refractivity contribution in [2.24, 2.45) is 0 Å². The predicted octanol–water partition coefficient (Wildman–Crippen LogP) is 3.78. The summed E-state index contributed by atoms with van der Waals surface area (Å²) in [7, 11) is 1.45. The first-order valence-electron chi connectivity index (χ1n) is 6.81. The lowest BCUT2D eigenvalue weighted by molar-refractivity contribution is 0.386. The summed E-state index contributed by atoms with van der Waals surface area (Å²) in [5, 5.41) is 3.98. The summed E-state index contributed by atoms with van der Waals surface area (Å²) in [6.45, 7) is 2.82. The van der Waals surface area contributed by atoms with Crippen molar-refractivity contribution in [3.05, 3.63) is 58.6 Å². The Morgan fingerprint density at radius 3 is 2.81 bits per heavy atom. The zero-order chi connectivity index (χ0) is 15.2. The summed E-state index contributed by atoms with van der Waals surface area (Å²) >= 11 is 6.20. The molecular formula is C16H18ClFN2O. The van der Waals surface area contributed by atoms with E-state index in [4.69, 9.17) is 16.3 Å². The van der Waals surface area contributed by atoms with Gasteiger partial charge < -0.3 is 10.1 Å². The molecule has 0 fully saturated rings. The van der Waals surface area contributed by atoms with Gasteiger partial charge >= 0.3 is 0 Å². The van der Waals surface area contributed by atoms with Crippen LogP contribution in [-0.4, -0.2) is 18.6 Å². The second kappa shape index (κ2) is 7.38. The highest BCUT2D eigenvalue weighted by Gasteiger charge is 2.15. The van der Waals surface area contributed by atoms with Crippen molar-refractivity contribution >= 4 is 11.6 Å². The van der Waals surface area contributed by atoms with E-state index in [0.29, 0.717) is 11.4 Å². The molecule has 1 aromatic carbocycles. The van der Waals surface area contributed by atoms with Crippen LogP contribution < -0.4 is 10.1 Å². The minimum Gasteiger partial charge on any atom is -0.494 e. The maximum Gasteiger partial charge on any atom is 0.165 e. The molecule has 2 aromatic rings. The first kappa shape index (κ1) is 15.7. The Hall–Kier alpha value is -1.65. The minimum atomic E-state index is -0.355. The maximum atomic E-state index is 13.8. The lowest BCUT2D eigenvalue weighted by Crippen LogP contribution is -2.23. The number of aromatic nitrogens is 1. The van der Waals surface area contributed by atoms with Gasteiger partial charge in [0.25, 0.3) is 0 Å². The van der Waals surface area contributed by atoms with Gasteiger partial charge in [-0.15, -0.1) is 0 Å². The van der Waals surface area contributed by atoms with Gasteiger partial charge in [-0.2, -0.15) is 0 Å². The van der Waals surface area contributed by atoms with Crippen LogP contribution >= 0.6 is 11.6 Å². The molecule has 21 heavy (non-hydrogen) atoms. The summed E-state index contributed by atoms with van der Waals surface area (Å²) in [6, 6.07) is 6.90. The molecule has 0 aliphatic carbocycles. The third kappa shape index (κ3) is 3.93. The number of halogens is 2. The highest BCUT2D eigenvalue weighted by Crippen LogP contribution is 2.26. The van der Waals surface area contributed by atoms with E-state index in [1.807, 2.05) is 19.1 Å². The van der Waals surface area contributed by atoms with Crippen molar-refractivity contribution in [2.45, 2.75) is 19.4 Å². The fraction of sp³-hybridized carbons (Fsp3) is 0.312. The predicted molar refractivity (Wildman–Crippen MR) is 82.3 cm³/mol. The molecule has 1 N–H and O–H groups in total. The monoisotopic (exact) mass is 308 g/mol. The van der Waals surface area contributed by atoms with Crippen LogP contribution in [0.5, 0.6) is 5.75 Å². The number of hydrogen-bond donors (Lipinski definition) is 1. The molecule has 0 saturated carbocycles. The molecule has 0 spiro atoms. The van der Waals surface area contributed by atoms with E-state index in [1.165, 1.54) is 13.2 Å². The van der Waals surface area contributed by atoms with Gasteiger partial charge in [0.15, 0.2) is 11.6 Å². The van der Waals surface area contributed by atoms with Crippen LogP contribution in [0, 0.1) is 5.82 Å². The highest BCUT2D eigenvalue weighted by molar-refractivity contribution is 6.31. The van der Waals surface area contributed by atoms with Crippen molar-refractivity contribution in [3.8, 4) is 5.75 Å². The second-order valence-electron chi connectivity index (χ2n) is 4.68. The van der Waals surface area contributed by atoms with Crippen molar-refractivity contribution in [3.63, 3.8) is 0 Å². The van der Waals surface area contributed by atoms with Crippen molar-refractivity contribution in [2.75, 3.05) is 13.7 Å². The van der Waals surface area contributed by atoms with Gasteiger partial charge in [-0.05, 0) is 42.3 Å². The Balaban J connectivity index is 2.24. The van der Waals surface area contributed by atoms with E-state index in [2.05, 4.69) is 10.3 Å². The molecule has 2 rings (SSSR count). The molecule has 5 heteroatoms. The average Bonchev–Trinajstić information content (AvgIpc) is 2.47. The molecule has 1 atom stereocenters. The van der Waals surface area contributed by atoms with E-state index < -0.39 is 0 Å². The summed E-state index contributed by atoms with van der Waals surface area (Å²) in [6.07, 6.45) is 3.97. The first-order chi connectivity index (χ1) is 10.2. The fourth-order valence-corrected chi connectivity index (χ4v) is 2.53. The number of benzene rings is 1. The molecule has 0 radical (unpaired) electrons. The first-order valence-corrected chi connectivity index (χ1v) is 7.18. The highest BCUT2D eigenvalue weighted by atomic mass is 35.5. The summed E-state index contributed by atoms with van der Waals surface area (Å²) in [5.74, 6) is -0.105. The Morgan fingerprint density at radius 2 is 2.19 bits per heavy atom. The maximum absolute atomic E-state index is 13.8. The number of rotatable bonds is 6. The number of likely N-dealkylation sites (N-methyl/N-ethyl adjacent to an activating group) is 1. The van der Waals surface area contributed by atoms with E-state index in [9.17, 15) is 4.39 Å². The molecule has 0 aliphatic rings.